The number of anilines is 1. The van der Waals surface area contributed by atoms with Crippen molar-refractivity contribution in [3.05, 3.63) is 10.6 Å². The van der Waals surface area contributed by atoms with Crippen LogP contribution in [0.15, 0.2) is 0 Å². The third kappa shape index (κ3) is 1.52. The van der Waals surface area contributed by atoms with E-state index in [1.54, 1.807) is 4.90 Å². The van der Waals surface area contributed by atoms with Gasteiger partial charge in [-0.25, -0.2) is 9.78 Å². The second-order valence-electron chi connectivity index (χ2n) is 3.06. The molecule has 0 atom stereocenters. The summed E-state index contributed by atoms with van der Waals surface area (Å²) in [5.41, 5.74) is 6.61. The molecule has 0 spiro atoms. The maximum absolute atomic E-state index is 11.2. The highest BCUT2D eigenvalue weighted by Crippen LogP contribution is 2.26. The third-order valence-corrected chi connectivity index (χ3v) is 3.09. The van der Waals surface area contributed by atoms with Gasteiger partial charge in [-0.15, -0.1) is 11.3 Å². The minimum absolute atomic E-state index is 0.289. The molecule has 0 bridgehead atoms. The highest BCUT2D eigenvalue weighted by atomic mass is 32.1. The minimum atomic E-state index is -0.289. The number of nitrogens with zero attached hydrogens (tertiary/aromatic N) is 2. The number of carbonyl (C=O) groups is 1. The van der Waals surface area contributed by atoms with Gasteiger partial charge in [0.2, 0.25) is 0 Å². The van der Waals surface area contributed by atoms with E-state index >= 15 is 0 Å². The van der Waals surface area contributed by atoms with Gasteiger partial charge >= 0.3 is 6.09 Å². The number of aromatic nitrogens is 1. The number of fused-ring (bicyclic) bond motifs is 1. The topological polar surface area (TPSA) is 68.5 Å². The Bertz CT molecular complexity index is 363. The predicted molar refractivity (Wildman–Crippen MR) is 53.0 cm³/mol. The molecule has 1 aliphatic heterocycles. The standard InChI is InChI=1S/C8H11N3O2S/c1-13-8(12)11-3-2-5-6(4-11)14-7(9)10-5/h2-4H2,1H3,(H2,9,10). The number of methoxy groups -OCH3 is 1. The van der Waals surface area contributed by atoms with Gasteiger partial charge in [0, 0.05) is 17.8 Å². The number of nitrogen functional groups attached to an aromatic ring is 1. The Morgan fingerprint density at radius 3 is 3.21 bits per heavy atom. The summed E-state index contributed by atoms with van der Waals surface area (Å²) in [5.74, 6) is 0. The largest absolute Gasteiger partial charge is 0.453 e. The number of rotatable bonds is 0. The second kappa shape index (κ2) is 3.45. The van der Waals surface area contributed by atoms with Gasteiger partial charge in [-0.1, -0.05) is 0 Å². The van der Waals surface area contributed by atoms with Gasteiger partial charge in [0.25, 0.3) is 0 Å². The molecule has 2 heterocycles. The van der Waals surface area contributed by atoms with Crippen molar-refractivity contribution >= 4 is 22.6 Å². The quantitative estimate of drug-likeness (QED) is 0.693. The van der Waals surface area contributed by atoms with Crippen LogP contribution >= 0.6 is 11.3 Å². The molecule has 14 heavy (non-hydrogen) atoms. The Morgan fingerprint density at radius 2 is 2.50 bits per heavy atom. The molecule has 0 unspecified atom stereocenters. The van der Waals surface area contributed by atoms with E-state index in [2.05, 4.69) is 9.72 Å². The summed E-state index contributed by atoms with van der Waals surface area (Å²) >= 11 is 1.44. The van der Waals surface area contributed by atoms with Crippen molar-refractivity contribution in [1.82, 2.24) is 9.88 Å². The highest BCUT2D eigenvalue weighted by molar-refractivity contribution is 7.15. The fourth-order valence-corrected chi connectivity index (χ4v) is 2.39. The molecule has 6 heteroatoms. The van der Waals surface area contributed by atoms with Gasteiger partial charge in [0.05, 0.1) is 19.3 Å². The van der Waals surface area contributed by atoms with Crippen LogP contribution in [0.5, 0.6) is 0 Å². The summed E-state index contributed by atoms with van der Waals surface area (Å²) < 4.78 is 4.65. The van der Waals surface area contributed by atoms with Crippen LogP contribution in [0.25, 0.3) is 0 Å². The summed E-state index contributed by atoms with van der Waals surface area (Å²) in [6.07, 6.45) is 0.473. The monoisotopic (exact) mass is 213 g/mol. The van der Waals surface area contributed by atoms with E-state index in [-0.39, 0.29) is 6.09 Å². The van der Waals surface area contributed by atoms with E-state index in [9.17, 15) is 4.79 Å². The molecule has 76 valence electrons. The van der Waals surface area contributed by atoms with Crippen LogP contribution in [-0.2, 0) is 17.7 Å². The first-order valence-corrected chi connectivity index (χ1v) is 5.09. The molecule has 1 aromatic rings. The molecule has 0 aromatic carbocycles. The summed E-state index contributed by atoms with van der Waals surface area (Å²) in [6, 6.07) is 0. The molecule has 0 aliphatic carbocycles. The zero-order valence-electron chi connectivity index (χ0n) is 7.82. The van der Waals surface area contributed by atoms with Crippen LogP contribution in [0.1, 0.15) is 10.6 Å². The molecule has 0 saturated carbocycles. The molecule has 0 radical (unpaired) electrons. The molecule has 2 N–H and O–H groups in total. The Morgan fingerprint density at radius 1 is 1.71 bits per heavy atom. The predicted octanol–water partition coefficient (Wildman–Crippen LogP) is 0.850. The molecule has 1 aliphatic rings. The van der Waals surface area contributed by atoms with E-state index < -0.39 is 0 Å². The van der Waals surface area contributed by atoms with Crippen molar-refractivity contribution in [2.24, 2.45) is 0 Å². The number of hydrogen-bond acceptors (Lipinski definition) is 5. The van der Waals surface area contributed by atoms with E-state index in [1.807, 2.05) is 0 Å². The van der Waals surface area contributed by atoms with Crippen molar-refractivity contribution in [3.63, 3.8) is 0 Å². The molecule has 0 saturated heterocycles. The molecule has 1 aromatic heterocycles. The Kier molecular flexibility index (Phi) is 2.28. The first kappa shape index (κ1) is 9.26. The molecular formula is C8H11N3O2S. The highest BCUT2D eigenvalue weighted by Gasteiger charge is 2.23. The molecule has 2 rings (SSSR count). The molecule has 1 amide bonds. The lowest BCUT2D eigenvalue weighted by atomic mass is 10.2. The number of carbonyl (C=O) groups excluding carboxylic acids is 1. The van der Waals surface area contributed by atoms with Gasteiger partial charge in [0.1, 0.15) is 0 Å². The summed E-state index contributed by atoms with van der Waals surface area (Å²) in [7, 11) is 1.39. The van der Waals surface area contributed by atoms with Crippen LogP contribution in [-0.4, -0.2) is 29.6 Å². The number of nitrogens with two attached hydrogens (primary N) is 1. The van der Waals surface area contributed by atoms with Gasteiger partial charge < -0.3 is 15.4 Å². The Labute approximate surface area is 85.5 Å². The van der Waals surface area contributed by atoms with Gasteiger partial charge in [-0.3, -0.25) is 0 Å². The summed E-state index contributed by atoms with van der Waals surface area (Å²) in [5, 5.41) is 0.571. The van der Waals surface area contributed by atoms with Crippen molar-refractivity contribution in [1.29, 1.82) is 0 Å². The van der Waals surface area contributed by atoms with Gasteiger partial charge in [-0.05, 0) is 0 Å². The fourth-order valence-electron chi connectivity index (χ4n) is 1.50. The SMILES string of the molecule is COC(=O)N1CCc2nc(N)sc2C1. The van der Waals surface area contributed by atoms with E-state index in [1.165, 1.54) is 18.4 Å². The van der Waals surface area contributed by atoms with Crippen LogP contribution in [0.3, 0.4) is 0 Å². The fraction of sp³-hybridized carbons (Fsp3) is 0.500. The lowest BCUT2D eigenvalue weighted by Gasteiger charge is -2.24. The van der Waals surface area contributed by atoms with E-state index in [0.29, 0.717) is 18.2 Å². The number of ether oxygens (including phenoxy) is 1. The first-order valence-electron chi connectivity index (χ1n) is 4.27. The maximum Gasteiger partial charge on any atom is 0.409 e. The van der Waals surface area contributed by atoms with Crippen LogP contribution in [0.4, 0.5) is 9.93 Å². The lowest BCUT2D eigenvalue weighted by molar-refractivity contribution is 0.119. The van der Waals surface area contributed by atoms with Crippen LogP contribution in [0.2, 0.25) is 0 Å². The third-order valence-electron chi connectivity index (χ3n) is 2.18. The van der Waals surface area contributed by atoms with Gasteiger partial charge in [-0.2, -0.15) is 0 Å². The smallest absolute Gasteiger partial charge is 0.409 e. The molecular weight excluding hydrogens is 202 g/mol. The minimum Gasteiger partial charge on any atom is -0.453 e. The molecule has 0 fully saturated rings. The number of amides is 1. The normalized spacial score (nSPS) is 15.1. The van der Waals surface area contributed by atoms with Crippen LogP contribution in [0, 0.1) is 0 Å². The average molecular weight is 213 g/mol. The number of thiazole rings is 1. The average Bonchev–Trinajstić information content (AvgIpc) is 2.55. The Balaban J connectivity index is 2.16. The van der Waals surface area contributed by atoms with Crippen molar-refractivity contribution < 1.29 is 9.53 Å². The maximum atomic E-state index is 11.2. The van der Waals surface area contributed by atoms with Crippen molar-refractivity contribution in [2.75, 3.05) is 19.4 Å². The zero-order chi connectivity index (χ0) is 10.1. The number of hydrogen-bond donors (Lipinski definition) is 1. The van der Waals surface area contributed by atoms with Crippen molar-refractivity contribution in [3.8, 4) is 0 Å². The molecule has 5 nitrogen and oxygen atoms in total. The second-order valence-corrected chi connectivity index (χ2v) is 4.18. The lowest BCUT2D eigenvalue weighted by Crippen LogP contribution is -2.35. The van der Waals surface area contributed by atoms with Gasteiger partial charge in [0.15, 0.2) is 5.13 Å². The van der Waals surface area contributed by atoms with Crippen molar-refractivity contribution in [2.45, 2.75) is 13.0 Å². The zero-order valence-corrected chi connectivity index (χ0v) is 8.63. The first-order chi connectivity index (χ1) is 6.70. The summed E-state index contributed by atoms with van der Waals surface area (Å²) in [4.78, 5) is 18.1. The Hall–Kier alpha value is -1.30. The van der Waals surface area contributed by atoms with E-state index in [0.717, 1.165) is 17.0 Å². The van der Waals surface area contributed by atoms with E-state index in [4.69, 9.17) is 5.73 Å². The van der Waals surface area contributed by atoms with Crippen LogP contribution < -0.4 is 5.73 Å². The summed E-state index contributed by atoms with van der Waals surface area (Å²) in [6.45, 7) is 1.22.